The van der Waals surface area contributed by atoms with Crippen molar-refractivity contribution in [3.8, 4) is 0 Å². The molecule has 0 aliphatic carbocycles. The molecule has 0 bridgehead atoms. The van der Waals surface area contributed by atoms with E-state index in [0.717, 1.165) is 9.26 Å². The van der Waals surface area contributed by atoms with Crippen LogP contribution >= 0.6 is 22.6 Å². The minimum atomic E-state index is -0.140. The van der Waals surface area contributed by atoms with Gasteiger partial charge in [-0.25, -0.2) is 0 Å². The zero-order valence-corrected chi connectivity index (χ0v) is 13.9. The van der Waals surface area contributed by atoms with E-state index < -0.39 is 0 Å². The number of hydrogen-bond donors (Lipinski definition) is 1. The third kappa shape index (κ3) is 4.67. The van der Waals surface area contributed by atoms with Crippen LogP contribution in [0.25, 0.3) is 0 Å². The Hall–Kier alpha value is -1.69. The zero-order chi connectivity index (χ0) is 15.2. The molecule has 0 spiro atoms. The van der Waals surface area contributed by atoms with Gasteiger partial charge in [-0.1, -0.05) is 36.4 Å². The molecule has 0 saturated heterocycles. The fraction of sp³-hybridized carbons (Fsp3) is 0.176. The Morgan fingerprint density at radius 2 is 1.76 bits per heavy atom. The average Bonchev–Trinajstić information content (AvgIpc) is 2.49. The highest BCUT2D eigenvalue weighted by Gasteiger charge is 2.09. The van der Waals surface area contributed by atoms with Gasteiger partial charge in [0.1, 0.15) is 0 Å². The van der Waals surface area contributed by atoms with Crippen molar-refractivity contribution in [2.75, 3.05) is 5.32 Å². The van der Waals surface area contributed by atoms with Crippen molar-refractivity contribution in [3.05, 3.63) is 63.2 Å². The molecule has 0 radical (unpaired) electrons. The Balaban J connectivity index is 1.87. The Bertz CT molecular complexity index is 653. The maximum atomic E-state index is 11.9. The van der Waals surface area contributed by atoms with E-state index in [0.29, 0.717) is 5.56 Å². The second-order valence-electron chi connectivity index (χ2n) is 4.80. The third-order valence-electron chi connectivity index (χ3n) is 3.13. The van der Waals surface area contributed by atoms with E-state index in [1.54, 1.807) is 12.1 Å². The minimum Gasteiger partial charge on any atom is -0.326 e. The molecule has 2 aromatic carbocycles. The molecule has 0 aromatic heterocycles. The first-order chi connectivity index (χ1) is 10.1. The van der Waals surface area contributed by atoms with E-state index in [4.69, 9.17) is 0 Å². The van der Waals surface area contributed by atoms with E-state index in [1.165, 1.54) is 5.56 Å². The molecular weight excluding hydrogens is 377 g/mol. The SMILES string of the molecule is Cc1ccc(NC(=O)CCC(=O)c2ccccc2)cc1I. The van der Waals surface area contributed by atoms with Gasteiger partial charge in [0.05, 0.1) is 0 Å². The quantitative estimate of drug-likeness (QED) is 0.612. The van der Waals surface area contributed by atoms with Crippen LogP contribution in [0.5, 0.6) is 0 Å². The molecule has 0 atom stereocenters. The summed E-state index contributed by atoms with van der Waals surface area (Å²) < 4.78 is 1.10. The minimum absolute atomic E-state index is 0.00997. The number of anilines is 1. The molecule has 0 aliphatic rings. The number of aryl methyl sites for hydroxylation is 1. The molecule has 21 heavy (non-hydrogen) atoms. The number of nitrogens with one attached hydrogen (secondary N) is 1. The van der Waals surface area contributed by atoms with Crippen LogP contribution in [0.4, 0.5) is 5.69 Å². The van der Waals surface area contributed by atoms with Crippen molar-refractivity contribution in [2.45, 2.75) is 19.8 Å². The van der Waals surface area contributed by atoms with Crippen LogP contribution in [-0.2, 0) is 4.79 Å². The lowest BCUT2D eigenvalue weighted by atomic mass is 10.1. The van der Waals surface area contributed by atoms with Gasteiger partial charge in [0.2, 0.25) is 5.91 Å². The lowest BCUT2D eigenvalue weighted by molar-refractivity contribution is -0.116. The monoisotopic (exact) mass is 393 g/mol. The summed E-state index contributed by atoms with van der Waals surface area (Å²) in [5.74, 6) is -0.150. The van der Waals surface area contributed by atoms with Gasteiger partial charge in [0.15, 0.2) is 5.78 Å². The van der Waals surface area contributed by atoms with Crippen molar-refractivity contribution in [2.24, 2.45) is 0 Å². The average molecular weight is 393 g/mol. The lowest BCUT2D eigenvalue weighted by Crippen LogP contribution is -2.13. The van der Waals surface area contributed by atoms with Crippen LogP contribution in [-0.4, -0.2) is 11.7 Å². The molecule has 0 unspecified atom stereocenters. The standard InChI is InChI=1S/C17H16INO2/c1-12-7-8-14(11-15(12)18)19-17(21)10-9-16(20)13-5-3-2-4-6-13/h2-8,11H,9-10H2,1H3,(H,19,21). The molecule has 1 amide bonds. The van der Waals surface area contributed by atoms with E-state index in [1.807, 2.05) is 43.3 Å². The summed E-state index contributed by atoms with van der Waals surface area (Å²) in [6, 6.07) is 14.8. The molecule has 1 N–H and O–H groups in total. The normalized spacial score (nSPS) is 10.2. The van der Waals surface area contributed by atoms with Crippen LogP contribution in [0.2, 0.25) is 0 Å². The number of rotatable bonds is 5. The van der Waals surface area contributed by atoms with E-state index in [-0.39, 0.29) is 24.5 Å². The van der Waals surface area contributed by atoms with Crippen LogP contribution < -0.4 is 5.32 Å². The highest BCUT2D eigenvalue weighted by Crippen LogP contribution is 2.17. The number of amides is 1. The van der Waals surface area contributed by atoms with Gasteiger partial charge in [-0.3, -0.25) is 9.59 Å². The van der Waals surface area contributed by atoms with Crippen molar-refractivity contribution in [1.29, 1.82) is 0 Å². The number of Topliss-reactive ketones (excluding diaryl/α,β-unsaturated/α-hetero) is 1. The lowest BCUT2D eigenvalue weighted by Gasteiger charge is -2.07. The van der Waals surface area contributed by atoms with Crippen molar-refractivity contribution < 1.29 is 9.59 Å². The van der Waals surface area contributed by atoms with Crippen LogP contribution in [0.1, 0.15) is 28.8 Å². The predicted molar refractivity (Wildman–Crippen MR) is 92.5 cm³/mol. The zero-order valence-electron chi connectivity index (χ0n) is 11.7. The third-order valence-corrected chi connectivity index (χ3v) is 4.29. The first kappa shape index (κ1) is 15.7. The second kappa shape index (κ2) is 7.36. The maximum Gasteiger partial charge on any atom is 0.224 e. The Morgan fingerprint density at radius 1 is 1.05 bits per heavy atom. The van der Waals surface area contributed by atoms with Gasteiger partial charge < -0.3 is 5.32 Å². The summed E-state index contributed by atoms with van der Waals surface area (Å²) >= 11 is 2.23. The van der Waals surface area contributed by atoms with Gasteiger partial charge in [-0.05, 0) is 47.2 Å². The molecule has 0 saturated carbocycles. The largest absolute Gasteiger partial charge is 0.326 e. The molecule has 2 rings (SSSR count). The van der Waals surface area contributed by atoms with Crippen LogP contribution in [0.15, 0.2) is 48.5 Å². The molecule has 108 valence electrons. The maximum absolute atomic E-state index is 11.9. The number of ketones is 1. The van der Waals surface area contributed by atoms with Crippen molar-refractivity contribution in [1.82, 2.24) is 0 Å². The van der Waals surface area contributed by atoms with Gasteiger partial charge in [0, 0.05) is 27.7 Å². The van der Waals surface area contributed by atoms with Crippen molar-refractivity contribution in [3.63, 3.8) is 0 Å². The summed E-state index contributed by atoms with van der Waals surface area (Å²) in [7, 11) is 0. The van der Waals surface area contributed by atoms with Crippen LogP contribution in [0.3, 0.4) is 0 Å². The number of halogens is 1. The van der Waals surface area contributed by atoms with E-state index in [2.05, 4.69) is 27.9 Å². The van der Waals surface area contributed by atoms with E-state index in [9.17, 15) is 9.59 Å². The number of benzene rings is 2. The molecule has 0 aliphatic heterocycles. The number of carbonyl (C=O) groups is 2. The predicted octanol–water partition coefficient (Wildman–Crippen LogP) is 4.20. The Labute approximate surface area is 137 Å². The van der Waals surface area contributed by atoms with Crippen LogP contribution in [0, 0.1) is 10.5 Å². The second-order valence-corrected chi connectivity index (χ2v) is 5.96. The molecule has 4 heteroatoms. The van der Waals surface area contributed by atoms with Gasteiger partial charge in [0.25, 0.3) is 0 Å². The summed E-state index contributed by atoms with van der Waals surface area (Å²) in [5.41, 5.74) is 2.59. The highest BCUT2D eigenvalue weighted by molar-refractivity contribution is 14.1. The van der Waals surface area contributed by atoms with Gasteiger partial charge >= 0.3 is 0 Å². The summed E-state index contributed by atoms with van der Waals surface area (Å²) in [5, 5.41) is 2.82. The van der Waals surface area contributed by atoms with Gasteiger partial charge in [-0.15, -0.1) is 0 Å². The first-order valence-electron chi connectivity index (χ1n) is 6.70. The summed E-state index contributed by atoms with van der Waals surface area (Å²) in [6.07, 6.45) is 0.414. The topological polar surface area (TPSA) is 46.2 Å². The van der Waals surface area contributed by atoms with Crippen molar-refractivity contribution >= 4 is 40.0 Å². The van der Waals surface area contributed by atoms with Gasteiger partial charge in [-0.2, -0.15) is 0 Å². The molecule has 0 fully saturated rings. The van der Waals surface area contributed by atoms with E-state index >= 15 is 0 Å². The summed E-state index contributed by atoms with van der Waals surface area (Å²) in [6.45, 7) is 2.02. The molecule has 0 heterocycles. The number of hydrogen-bond acceptors (Lipinski definition) is 2. The molecular formula is C17H16INO2. The highest BCUT2D eigenvalue weighted by atomic mass is 127. The fourth-order valence-electron chi connectivity index (χ4n) is 1.89. The Morgan fingerprint density at radius 3 is 2.43 bits per heavy atom. The Kier molecular flexibility index (Phi) is 5.50. The fourth-order valence-corrected chi connectivity index (χ4v) is 2.40. The number of carbonyl (C=O) groups excluding carboxylic acids is 2. The summed E-state index contributed by atoms with van der Waals surface area (Å²) in [4.78, 5) is 23.8. The molecule has 2 aromatic rings. The molecule has 3 nitrogen and oxygen atoms in total. The first-order valence-corrected chi connectivity index (χ1v) is 7.78. The smallest absolute Gasteiger partial charge is 0.224 e.